The number of rotatable bonds is 2. The van der Waals surface area contributed by atoms with Gasteiger partial charge in [0.25, 0.3) is 0 Å². The van der Waals surface area contributed by atoms with Crippen molar-refractivity contribution in [3.8, 4) is 0 Å². The van der Waals surface area contributed by atoms with Gasteiger partial charge in [0, 0.05) is 18.1 Å². The highest BCUT2D eigenvalue weighted by Crippen LogP contribution is 2.33. The fourth-order valence-corrected chi connectivity index (χ4v) is 3.73. The van der Waals surface area contributed by atoms with Crippen LogP contribution in [0.5, 0.6) is 0 Å². The van der Waals surface area contributed by atoms with E-state index in [9.17, 15) is 0 Å². The van der Waals surface area contributed by atoms with Gasteiger partial charge >= 0.3 is 0 Å². The molecule has 3 nitrogen and oxygen atoms in total. The van der Waals surface area contributed by atoms with Crippen LogP contribution >= 0.6 is 0 Å². The monoisotopic (exact) mass is 239 g/mol. The number of hydrogen-bond acceptors (Lipinski definition) is 3. The summed E-state index contributed by atoms with van der Waals surface area (Å²) < 4.78 is 0. The lowest BCUT2D eigenvalue weighted by Gasteiger charge is -2.48. The molecule has 2 aliphatic heterocycles. The first-order valence-corrected chi connectivity index (χ1v) is 7.33. The van der Waals surface area contributed by atoms with Crippen molar-refractivity contribution in [2.45, 2.75) is 57.0 Å². The maximum absolute atomic E-state index is 6.19. The van der Waals surface area contributed by atoms with Crippen LogP contribution in [0.2, 0.25) is 0 Å². The zero-order valence-electron chi connectivity index (χ0n) is 11.6. The lowest BCUT2D eigenvalue weighted by atomic mass is 9.84. The first-order chi connectivity index (χ1) is 8.18. The standard InChI is InChI=1S/C14H29N3/c1-13-6-3-4-10-17(13)14(12-15)7-5-9-16(2)11-8-14/h13H,3-12,15H2,1-2H3. The van der Waals surface area contributed by atoms with Crippen molar-refractivity contribution < 1.29 is 0 Å². The van der Waals surface area contributed by atoms with Crippen molar-refractivity contribution >= 4 is 0 Å². The Kier molecular flexibility index (Phi) is 4.45. The van der Waals surface area contributed by atoms with Gasteiger partial charge in [0.2, 0.25) is 0 Å². The van der Waals surface area contributed by atoms with Crippen LogP contribution in [-0.4, -0.2) is 54.6 Å². The van der Waals surface area contributed by atoms with E-state index in [1.165, 1.54) is 58.2 Å². The van der Waals surface area contributed by atoms with Crippen LogP contribution in [0.25, 0.3) is 0 Å². The summed E-state index contributed by atoms with van der Waals surface area (Å²) in [5.74, 6) is 0. The highest BCUT2D eigenvalue weighted by Gasteiger charge is 2.39. The molecule has 100 valence electrons. The van der Waals surface area contributed by atoms with Gasteiger partial charge in [-0.05, 0) is 65.7 Å². The van der Waals surface area contributed by atoms with E-state index in [0.29, 0.717) is 5.54 Å². The maximum Gasteiger partial charge on any atom is 0.0347 e. The third kappa shape index (κ3) is 2.83. The first-order valence-electron chi connectivity index (χ1n) is 7.33. The molecule has 0 aromatic rings. The molecular weight excluding hydrogens is 210 g/mol. The number of piperidine rings is 1. The smallest absolute Gasteiger partial charge is 0.0347 e. The Balaban J connectivity index is 2.11. The summed E-state index contributed by atoms with van der Waals surface area (Å²) >= 11 is 0. The lowest BCUT2D eigenvalue weighted by Crippen LogP contribution is -2.59. The van der Waals surface area contributed by atoms with Gasteiger partial charge in [-0.3, -0.25) is 4.90 Å². The molecule has 2 fully saturated rings. The molecule has 2 N–H and O–H groups in total. The molecule has 2 aliphatic rings. The lowest BCUT2D eigenvalue weighted by molar-refractivity contribution is 0.0193. The van der Waals surface area contributed by atoms with E-state index in [1.54, 1.807) is 0 Å². The van der Waals surface area contributed by atoms with Gasteiger partial charge in [-0.25, -0.2) is 0 Å². The number of nitrogens with two attached hydrogens (primary N) is 1. The highest BCUT2D eigenvalue weighted by molar-refractivity contribution is 4.97. The van der Waals surface area contributed by atoms with Gasteiger partial charge in [0.1, 0.15) is 0 Å². The second-order valence-electron chi connectivity index (χ2n) is 6.12. The summed E-state index contributed by atoms with van der Waals surface area (Å²) in [6.45, 7) is 6.95. The van der Waals surface area contributed by atoms with E-state index in [2.05, 4.69) is 23.8 Å². The summed E-state index contributed by atoms with van der Waals surface area (Å²) in [4.78, 5) is 5.21. The van der Waals surface area contributed by atoms with Crippen LogP contribution in [0, 0.1) is 0 Å². The van der Waals surface area contributed by atoms with Gasteiger partial charge < -0.3 is 10.6 Å². The molecule has 0 bridgehead atoms. The Bertz CT molecular complexity index is 244. The minimum atomic E-state index is 0.296. The largest absolute Gasteiger partial charge is 0.329 e. The molecule has 0 aliphatic carbocycles. The molecule has 17 heavy (non-hydrogen) atoms. The van der Waals surface area contributed by atoms with Crippen LogP contribution in [-0.2, 0) is 0 Å². The summed E-state index contributed by atoms with van der Waals surface area (Å²) in [5.41, 5.74) is 6.48. The van der Waals surface area contributed by atoms with Crippen molar-refractivity contribution in [2.75, 3.05) is 33.2 Å². The number of nitrogens with zero attached hydrogens (tertiary/aromatic N) is 2. The molecule has 2 rings (SSSR count). The van der Waals surface area contributed by atoms with Crippen molar-refractivity contribution in [3.63, 3.8) is 0 Å². The predicted molar refractivity (Wildman–Crippen MR) is 73.2 cm³/mol. The van der Waals surface area contributed by atoms with Gasteiger partial charge in [-0.15, -0.1) is 0 Å². The van der Waals surface area contributed by atoms with E-state index < -0.39 is 0 Å². The fourth-order valence-electron chi connectivity index (χ4n) is 3.73. The fraction of sp³-hybridized carbons (Fsp3) is 1.00. The van der Waals surface area contributed by atoms with Gasteiger partial charge in [0.15, 0.2) is 0 Å². The SMILES string of the molecule is CC1CCCCN1C1(CN)CCCN(C)CC1. The third-order valence-corrected chi connectivity index (χ3v) is 4.93. The zero-order valence-corrected chi connectivity index (χ0v) is 11.6. The van der Waals surface area contributed by atoms with E-state index in [4.69, 9.17) is 5.73 Å². The van der Waals surface area contributed by atoms with Crippen molar-refractivity contribution in [3.05, 3.63) is 0 Å². The Labute approximate surface area is 106 Å². The third-order valence-electron chi connectivity index (χ3n) is 4.93. The Morgan fingerprint density at radius 1 is 1.12 bits per heavy atom. The van der Waals surface area contributed by atoms with Crippen LogP contribution in [0.15, 0.2) is 0 Å². The van der Waals surface area contributed by atoms with Crippen molar-refractivity contribution in [1.29, 1.82) is 0 Å². The van der Waals surface area contributed by atoms with Gasteiger partial charge in [0.05, 0.1) is 0 Å². The number of hydrogen-bond donors (Lipinski definition) is 1. The second-order valence-corrected chi connectivity index (χ2v) is 6.12. The second kappa shape index (κ2) is 5.68. The van der Waals surface area contributed by atoms with Crippen molar-refractivity contribution in [2.24, 2.45) is 5.73 Å². The van der Waals surface area contributed by atoms with E-state index >= 15 is 0 Å². The molecule has 0 aromatic heterocycles. The molecule has 2 atom stereocenters. The van der Waals surface area contributed by atoms with Crippen LogP contribution < -0.4 is 5.73 Å². The summed E-state index contributed by atoms with van der Waals surface area (Å²) in [6, 6.07) is 0.732. The molecule has 0 aromatic carbocycles. The van der Waals surface area contributed by atoms with Gasteiger partial charge in [-0.1, -0.05) is 6.42 Å². The summed E-state index contributed by atoms with van der Waals surface area (Å²) in [5, 5.41) is 0. The number of likely N-dealkylation sites (tertiary alicyclic amines) is 2. The normalized spacial score (nSPS) is 37.9. The van der Waals surface area contributed by atoms with Gasteiger partial charge in [-0.2, -0.15) is 0 Å². The zero-order chi connectivity index (χ0) is 12.3. The molecule has 0 amide bonds. The van der Waals surface area contributed by atoms with Crippen LogP contribution in [0.3, 0.4) is 0 Å². The Morgan fingerprint density at radius 3 is 2.65 bits per heavy atom. The summed E-state index contributed by atoms with van der Waals surface area (Å²) in [6.07, 6.45) is 7.97. The molecule has 2 unspecified atom stereocenters. The Morgan fingerprint density at radius 2 is 1.94 bits per heavy atom. The van der Waals surface area contributed by atoms with E-state index in [1.807, 2.05) is 0 Å². The predicted octanol–water partition coefficient (Wildman–Crippen LogP) is 1.67. The topological polar surface area (TPSA) is 32.5 Å². The average molecular weight is 239 g/mol. The summed E-state index contributed by atoms with van der Waals surface area (Å²) in [7, 11) is 2.24. The van der Waals surface area contributed by atoms with E-state index in [-0.39, 0.29) is 0 Å². The van der Waals surface area contributed by atoms with Crippen LogP contribution in [0.1, 0.15) is 45.4 Å². The van der Waals surface area contributed by atoms with Crippen molar-refractivity contribution in [1.82, 2.24) is 9.80 Å². The molecule has 3 heteroatoms. The molecule has 0 saturated carbocycles. The molecule has 2 heterocycles. The highest BCUT2D eigenvalue weighted by atomic mass is 15.2. The van der Waals surface area contributed by atoms with Crippen LogP contribution in [0.4, 0.5) is 0 Å². The minimum Gasteiger partial charge on any atom is -0.329 e. The molecule has 2 saturated heterocycles. The molecular formula is C14H29N3. The molecule has 0 radical (unpaired) electrons. The average Bonchev–Trinajstić information content (AvgIpc) is 2.53. The quantitative estimate of drug-likeness (QED) is 0.796. The Hall–Kier alpha value is -0.120. The molecule has 0 spiro atoms. The maximum atomic E-state index is 6.19. The first kappa shape index (κ1) is 13.3. The minimum absolute atomic E-state index is 0.296. The van der Waals surface area contributed by atoms with E-state index in [0.717, 1.165) is 12.6 Å².